The van der Waals surface area contributed by atoms with Crippen molar-refractivity contribution in [3.05, 3.63) is 35.9 Å². The summed E-state index contributed by atoms with van der Waals surface area (Å²) in [7, 11) is 0. The second-order valence-electron chi connectivity index (χ2n) is 4.12. The quantitative estimate of drug-likeness (QED) is 0.616. The Hall–Kier alpha value is -1.97. The molecule has 4 heteroatoms. The van der Waals surface area contributed by atoms with E-state index >= 15 is 0 Å². The Labute approximate surface area is 102 Å². The van der Waals surface area contributed by atoms with Gasteiger partial charge in [0.1, 0.15) is 0 Å². The van der Waals surface area contributed by atoms with Crippen LogP contribution in [0, 0.1) is 0 Å². The molecule has 0 fully saturated rings. The maximum absolute atomic E-state index is 12.2. The summed E-state index contributed by atoms with van der Waals surface area (Å²) >= 11 is 0. The van der Waals surface area contributed by atoms with E-state index in [-0.39, 0.29) is 5.91 Å². The van der Waals surface area contributed by atoms with Crippen LogP contribution in [-0.2, 0) is 0 Å². The summed E-state index contributed by atoms with van der Waals surface area (Å²) in [4.78, 5) is 13.9. The average molecular weight is 233 g/mol. The van der Waals surface area contributed by atoms with E-state index in [1.54, 1.807) is 23.1 Å². The summed E-state index contributed by atoms with van der Waals surface area (Å²) in [5, 5.41) is 0. The summed E-state index contributed by atoms with van der Waals surface area (Å²) < 4.78 is 0. The van der Waals surface area contributed by atoms with E-state index < -0.39 is 0 Å². The van der Waals surface area contributed by atoms with E-state index in [4.69, 9.17) is 11.5 Å². The number of nitrogen functional groups attached to an aromatic ring is 2. The van der Waals surface area contributed by atoms with Crippen molar-refractivity contribution < 1.29 is 4.79 Å². The molecule has 1 aromatic rings. The zero-order valence-corrected chi connectivity index (χ0v) is 10.4. The van der Waals surface area contributed by atoms with Crippen molar-refractivity contribution >= 4 is 17.3 Å². The first-order valence-electron chi connectivity index (χ1n) is 5.54. The van der Waals surface area contributed by atoms with Crippen LogP contribution in [0.1, 0.15) is 24.2 Å². The fourth-order valence-electron chi connectivity index (χ4n) is 1.60. The van der Waals surface area contributed by atoms with Crippen molar-refractivity contribution in [2.75, 3.05) is 24.6 Å². The van der Waals surface area contributed by atoms with Gasteiger partial charge < -0.3 is 16.4 Å². The second-order valence-corrected chi connectivity index (χ2v) is 4.12. The van der Waals surface area contributed by atoms with Gasteiger partial charge in [0, 0.05) is 24.5 Å². The van der Waals surface area contributed by atoms with Gasteiger partial charge in [0.05, 0.1) is 5.56 Å². The molecular weight excluding hydrogens is 214 g/mol. The van der Waals surface area contributed by atoms with Gasteiger partial charge in [0.25, 0.3) is 5.91 Å². The largest absolute Gasteiger partial charge is 0.399 e. The first-order valence-corrected chi connectivity index (χ1v) is 5.54. The molecular formula is C13H19N3O. The van der Waals surface area contributed by atoms with Crippen LogP contribution in [-0.4, -0.2) is 23.9 Å². The number of hydrogen-bond donors (Lipinski definition) is 2. The van der Waals surface area contributed by atoms with Gasteiger partial charge in [-0.25, -0.2) is 0 Å². The molecule has 0 aliphatic rings. The summed E-state index contributed by atoms with van der Waals surface area (Å²) in [6, 6.07) is 4.94. The summed E-state index contributed by atoms with van der Waals surface area (Å²) in [5.41, 5.74) is 13.8. The maximum Gasteiger partial charge on any atom is 0.256 e. The summed E-state index contributed by atoms with van der Waals surface area (Å²) in [6.07, 6.45) is 0. The molecule has 1 aromatic carbocycles. The van der Waals surface area contributed by atoms with Gasteiger partial charge in [-0.2, -0.15) is 0 Å². The number of anilines is 2. The van der Waals surface area contributed by atoms with Crippen molar-refractivity contribution in [1.29, 1.82) is 0 Å². The van der Waals surface area contributed by atoms with Crippen LogP contribution in [0.2, 0.25) is 0 Å². The monoisotopic (exact) mass is 233 g/mol. The predicted octanol–water partition coefficient (Wildman–Crippen LogP) is 1.89. The van der Waals surface area contributed by atoms with Gasteiger partial charge in [-0.15, -0.1) is 0 Å². The lowest BCUT2D eigenvalue weighted by molar-refractivity contribution is 0.0779. The van der Waals surface area contributed by atoms with Crippen molar-refractivity contribution in [3.8, 4) is 0 Å². The number of rotatable bonds is 4. The Morgan fingerprint density at radius 1 is 1.41 bits per heavy atom. The minimum Gasteiger partial charge on any atom is -0.399 e. The zero-order valence-electron chi connectivity index (χ0n) is 10.4. The molecule has 4 nitrogen and oxygen atoms in total. The number of carbonyl (C=O) groups is 1. The van der Waals surface area contributed by atoms with Crippen LogP contribution < -0.4 is 11.5 Å². The van der Waals surface area contributed by atoms with E-state index in [0.29, 0.717) is 30.0 Å². The number of amides is 1. The SMILES string of the molecule is C=C(C)CN(CC)C(=O)c1ccc(N)cc1N. The third-order valence-electron chi connectivity index (χ3n) is 2.44. The number of nitrogens with two attached hydrogens (primary N) is 2. The molecule has 92 valence electrons. The van der Waals surface area contributed by atoms with Gasteiger partial charge >= 0.3 is 0 Å². The number of nitrogens with zero attached hydrogens (tertiary/aromatic N) is 1. The molecule has 0 spiro atoms. The van der Waals surface area contributed by atoms with Gasteiger partial charge in [-0.1, -0.05) is 12.2 Å². The molecule has 0 saturated carbocycles. The molecule has 0 unspecified atom stereocenters. The van der Waals surface area contributed by atoms with E-state index in [2.05, 4.69) is 6.58 Å². The van der Waals surface area contributed by atoms with Gasteiger partial charge in [0.15, 0.2) is 0 Å². The second kappa shape index (κ2) is 5.39. The van der Waals surface area contributed by atoms with Crippen molar-refractivity contribution in [3.63, 3.8) is 0 Å². The molecule has 0 aromatic heterocycles. The van der Waals surface area contributed by atoms with E-state index in [0.717, 1.165) is 5.57 Å². The minimum absolute atomic E-state index is 0.0898. The Bertz CT molecular complexity index is 440. The highest BCUT2D eigenvalue weighted by atomic mass is 16.2. The normalized spacial score (nSPS) is 10.0. The maximum atomic E-state index is 12.2. The van der Waals surface area contributed by atoms with Crippen LogP contribution in [0.25, 0.3) is 0 Å². The smallest absolute Gasteiger partial charge is 0.256 e. The van der Waals surface area contributed by atoms with E-state index in [9.17, 15) is 4.79 Å². The molecule has 1 amide bonds. The number of carbonyl (C=O) groups excluding carboxylic acids is 1. The highest BCUT2D eigenvalue weighted by molar-refractivity contribution is 5.99. The van der Waals surface area contributed by atoms with Crippen LogP contribution >= 0.6 is 0 Å². The Morgan fingerprint density at radius 3 is 2.53 bits per heavy atom. The molecule has 0 heterocycles. The molecule has 1 rings (SSSR count). The highest BCUT2D eigenvalue weighted by Gasteiger charge is 2.16. The first kappa shape index (κ1) is 13.1. The van der Waals surface area contributed by atoms with Crippen molar-refractivity contribution in [2.24, 2.45) is 0 Å². The molecule has 0 aliphatic heterocycles. The van der Waals surface area contributed by atoms with Crippen molar-refractivity contribution in [1.82, 2.24) is 4.90 Å². The Kier molecular flexibility index (Phi) is 4.15. The zero-order chi connectivity index (χ0) is 13.0. The number of likely N-dealkylation sites (N-methyl/N-ethyl adjacent to an activating group) is 1. The topological polar surface area (TPSA) is 72.3 Å². The predicted molar refractivity (Wildman–Crippen MR) is 71.7 cm³/mol. The molecule has 0 atom stereocenters. The first-order chi connectivity index (χ1) is 7.95. The summed E-state index contributed by atoms with van der Waals surface area (Å²) in [6.45, 7) is 8.79. The molecule has 0 saturated heterocycles. The summed E-state index contributed by atoms with van der Waals surface area (Å²) in [5.74, 6) is -0.0898. The van der Waals surface area contributed by atoms with Crippen LogP contribution in [0.5, 0.6) is 0 Å². The molecule has 4 N–H and O–H groups in total. The van der Waals surface area contributed by atoms with Crippen molar-refractivity contribution in [2.45, 2.75) is 13.8 Å². The fraction of sp³-hybridized carbons (Fsp3) is 0.308. The fourth-order valence-corrected chi connectivity index (χ4v) is 1.60. The van der Waals surface area contributed by atoms with Gasteiger partial charge in [-0.05, 0) is 32.0 Å². The lowest BCUT2D eigenvalue weighted by Gasteiger charge is -2.21. The molecule has 0 radical (unpaired) electrons. The number of benzene rings is 1. The molecule has 17 heavy (non-hydrogen) atoms. The number of hydrogen-bond acceptors (Lipinski definition) is 3. The third-order valence-corrected chi connectivity index (χ3v) is 2.44. The average Bonchev–Trinajstić information content (AvgIpc) is 2.24. The standard InChI is InChI=1S/C13H19N3O/c1-4-16(8-9(2)3)13(17)11-6-5-10(14)7-12(11)15/h5-7H,2,4,8,14-15H2,1,3H3. The molecule has 0 bridgehead atoms. The third kappa shape index (κ3) is 3.24. The Morgan fingerprint density at radius 2 is 2.06 bits per heavy atom. The van der Waals surface area contributed by atoms with Gasteiger partial charge in [-0.3, -0.25) is 4.79 Å². The minimum atomic E-state index is -0.0898. The lowest BCUT2D eigenvalue weighted by atomic mass is 10.1. The van der Waals surface area contributed by atoms with Crippen LogP contribution in [0.4, 0.5) is 11.4 Å². The van der Waals surface area contributed by atoms with Crippen LogP contribution in [0.3, 0.4) is 0 Å². The van der Waals surface area contributed by atoms with E-state index in [1.165, 1.54) is 0 Å². The van der Waals surface area contributed by atoms with Crippen LogP contribution in [0.15, 0.2) is 30.4 Å². The van der Waals surface area contributed by atoms with Gasteiger partial charge in [0.2, 0.25) is 0 Å². The Balaban J connectivity index is 2.97. The van der Waals surface area contributed by atoms with E-state index in [1.807, 2.05) is 13.8 Å². The highest BCUT2D eigenvalue weighted by Crippen LogP contribution is 2.18. The molecule has 0 aliphatic carbocycles. The lowest BCUT2D eigenvalue weighted by Crippen LogP contribution is -2.32.